The van der Waals surface area contributed by atoms with Gasteiger partial charge in [0.05, 0.1) is 12.0 Å². The maximum Gasteiger partial charge on any atom is 0.230 e. The fourth-order valence-corrected chi connectivity index (χ4v) is 3.77. The number of benzene rings is 1. The van der Waals surface area contributed by atoms with Crippen molar-refractivity contribution in [1.29, 1.82) is 0 Å². The number of guanidine groups is 1. The van der Waals surface area contributed by atoms with Crippen LogP contribution in [0.5, 0.6) is 0 Å². The first-order chi connectivity index (χ1) is 13.5. The normalized spacial score (nSPS) is 15.5. The molecule has 0 bridgehead atoms. The summed E-state index contributed by atoms with van der Waals surface area (Å²) >= 11 is 0. The predicted molar refractivity (Wildman–Crippen MR) is 125 cm³/mol. The van der Waals surface area contributed by atoms with Crippen LogP contribution in [-0.2, 0) is 11.3 Å². The average molecular weight is 511 g/mol. The Morgan fingerprint density at radius 2 is 1.90 bits per heavy atom. The zero-order valence-electron chi connectivity index (χ0n) is 17.3. The van der Waals surface area contributed by atoms with E-state index in [4.69, 9.17) is 4.52 Å². The summed E-state index contributed by atoms with van der Waals surface area (Å²) in [6, 6.07) is 11.8. The van der Waals surface area contributed by atoms with Gasteiger partial charge in [0.2, 0.25) is 5.91 Å². The summed E-state index contributed by atoms with van der Waals surface area (Å²) in [5.74, 6) is 1.58. The lowest BCUT2D eigenvalue weighted by Gasteiger charge is -2.31. The van der Waals surface area contributed by atoms with E-state index in [1.807, 2.05) is 50.5 Å². The molecule has 1 heterocycles. The number of aromatic nitrogens is 1. The molecule has 0 aliphatic heterocycles. The van der Waals surface area contributed by atoms with Gasteiger partial charge in [-0.15, -0.1) is 24.0 Å². The van der Waals surface area contributed by atoms with Crippen LogP contribution in [-0.4, -0.2) is 49.6 Å². The van der Waals surface area contributed by atoms with Crippen LogP contribution in [0.4, 0.5) is 0 Å². The van der Waals surface area contributed by atoms with E-state index >= 15 is 0 Å². The third kappa shape index (κ3) is 5.71. The van der Waals surface area contributed by atoms with Crippen molar-refractivity contribution in [2.45, 2.75) is 32.2 Å². The van der Waals surface area contributed by atoms with Crippen LogP contribution in [0.15, 0.2) is 45.9 Å². The van der Waals surface area contributed by atoms with Gasteiger partial charge in [-0.3, -0.25) is 9.79 Å². The number of amides is 1. The van der Waals surface area contributed by atoms with Gasteiger partial charge in [-0.25, -0.2) is 0 Å². The largest absolute Gasteiger partial charge is 0.356 e. The summed E-state index contributed by atoms with van der Waals surface area (Å²) in [5, 5.41) is 10.7. The second-order valence-corrected chi connectivity index (χ2v) is 7.51. The summed E-state index contributed by atoms with van der Waals surface area (Å²) in [5.41, 5.74) is 1.45. The van der Waals surface area contributed by atoms with Crippen molar-refractivity contribution in [2.24, 2.45) is 10.4 Å². The topological polar surface area (TPSA) is 82.8 Å². The molecule has 0 spiro atoms. The zero-order valence-corrected chi connectivity index (χ0v) is 19.6. The van der Waals surface area contributed by atoms with Gasteiger partial charge in [-0.05, 0) is 12.8 Å². The molecule has 1 amide bonds. The van der Waals surface area contributed by atoms with Crippen molar-refractivity contribution in [3.8, 4) is 11.3 Å². The Balaban J connectivity index is 0.00000300. The van der Waals surface area contributed by atoms with Crippen molar-refractivity contribution in [2.75, 3.05) is 27.7 Å². The van der Waals surface area contributed by atoms with Crippen LogP contribution in [0.25, 0.3) is 11.3 Å². The highest BCUT2D eigenvalue weighted by Gasteiger charge is 2.42. The molecule has 1 saturated carbocycles. The number of hydrogen-bond acceptors (Lipinski definition) is 4. The lowest BCUT2D eigenvalue weighted by atomic mass is 9.84. The van der Waals surface area contributed by atoms with E-state index in [2.05, 4.69) is 20.8 Å². The molecule has 3 rings (SSSR count). The van der Waals surface area contributed by atoms with Crippen molar-refractivity contribution >= 4 is 35.8 Å². The van der Waals surface area contributed by atoms with Crippen molar-refractivity contribution < 1.29 is 9.32 Å². The molecule has 2 N–H and O–H groups in total. The van der Waals surface area contributed by atoms with Crippen molar-refractivity contribution in [3.63, 3.8) is 0 Å². The molecule has 0 unspecified atom stereocenters. The smallest absolute Gasteiger partial charge is 0.230 e. The first-order valence-corrected chi connectivity index (χ1v) is 9.71. The number of carbonyl (C=O) groups is 1. The number of hydrogen-bond donors (Lipinski definition) is 2. The van der Waals surface area contributed by atoms with Crippen LogP contribution in [0.2, 0.25) is 0 Å². The Bertz CT molecular complexity index is 813. The molecule has 29 heavy (non-hydrogen) atoms. The molecule has 1 fully saturated rings. The first-order valence-electron chi connectivity index (χ1n) is 9.71. The predicted octanol–water partition coefficient (Wildman–Crippen LogP) is 3.27. The minimum atomic E-state index is -0.338. The molecule has 1 aliphatic carbocycles. The molecular formula is C21H30IN5O2. The van der Waals surface area contributed by atoms with Crippen LogP contribution in [0.1, 0.15) is 31.4 Å². The fourth-order valence-electron chi connectivity index (χ4n) is 3.77. The van der Waals surface area contributed by atoms with Crippen molar-refractivity contribution in [3.05, 3.63) is 42.1 Å². The van der Waals surface area contributed by atoms with Gasteiger partial charge in [0.15, 0.2) is 11.7 Å². The van der Waals surface area contributed by atoms with Crippen molar-refractivity contribution in [1.82, 2.24) is 20.7 Å². The molecule has 0 radical (unpaired) electrons. The van der Waals surface area contributed by atoms with E-state index in [0.29, 0.717) is 19.0 Å². The minimum Gasteiger partial charge on any atom is -0.356 e. The number of nitrogens with zero attached hydrogens (tertiary/aromatic N) is 3. The minimum absolute atomic E-state index is 0. The molecule has 2 aromatic rings. The monoisotopic (exact) mass is 511 g/mol. The second kappa shape index (κ2) is 10.6. The third-order valence-electron chi connectivity index (χ3n) is 5.29. The van der Waals surface area contributed by atoms with Crippen LogP contribution < -0.4 is 10.6 Å². The highest BCUT2D eigenvalue weighted by molar-refractivity contribution is 14.0. The fraction of sp³-hybridized carbons (Fsp3) is 0.476. The van der Waals surface area contributed by atoms with Gasteiger partial charge in [0.25, 0.3) is 0 Å². The Labute approximate surface area is 189 Å². The Morgan fingerprint density at radius 1 is 1.21 bits per heavy atom. The molecular weight excluding hydrogens is 481 g/mol. The molecule has 0 atom stereocenters. The molecule has 1 aromatic heterocycles. The summed E-state index contributed by atoms with van der Waals surface area (Å²) in [6.45, 7) is 1.07. The van der Waals surface area contributed by atoms with Gasteiger partial charge >= 0.3 is 0 Å². The van der Waals surface area contributed by atoms with Crippen LogP contribution in [0, 0.1) is 5.41 Å². The average Bonchev–Trinajstić information content (AvgIpc) is 3.38. The van der Waals surface area contributed by atoms with Gasteiger partial charge in [0.1, 0.15) is 5.69 Å². The Hall–Kier alpha value is -2.10. The number of rotatable bonds is 6. The molecule has 1 aliphatic rings. The van der Waals surface area contributed by atoms with E-state index in [0.717, 1.165) is 42.7 Å². The lowest BCUT2D eigenvalue weighted by molar-refractivity contribution is -0.138. The number of nitrogens with one attached hydrogen (secondary N) is 2. The van der Waals surface area contributed by atoms with E-state index < -0.39 is 0 Å². The second-order valence-electron chi connectivity index (χ2n) is 7.51. The zero-order chi connectivity index (χ0) is 20.0. The molecule has 8 heteroatoms. The first kappa shape index (κ1) is 23.2. The lowest BCUT2D eigenvalue weighted by Crippen LogP contribution is -2.49. The quantitative estimate of drug-likeness (QED) is 0.354. The van der Waals surface area contributed by atoms with E-state index in [9.17, 15) is 4.79 Å². The Kier molecular flexibility index (Phi) is 8.48. The van der Waals surface area contributed by atoms with Gasteiger partial charge in [-0.2, -0.15) is 0 Å². The maximum atomic E-state index is 12.7. The molecule has 0 saturated heterocycles. The van der Waals surface area contributed by atoms with Gasteiger partial charge in [0, 0.05) is 39.3 Å². The van der Waals surface area contributed by atoms with E-state index in [-0.39, 0.29) is 35.3 Å². The maximum absolute atomic E-state index is 12.7. The van der Waals surface area contributed by atoms with Gasteiger partial charge in [-0.1, -0.05) is 48.3 Å². The summed E-state index contributed by atoms with van der Waals surface area (Å²) in [6.07, 6.45) is 4.01. The van der Waals surface area contributed by atoms with E-state index in [1.165, 1.54) is 0 Å². The van der Waals surface area contributed by atoms with Crippen LogP contribution >= 0.6 is 24.0 Å². The summed E-state index contributed by atoms with van der Waals surface area (Å²) in [7, 11) is 5.37. The third-order valence-corrected chi connectivity index (χ3v) is 5.29. The summed E-state index contributed by atoms with van der Waals surface area (Å²) < 4.78 is 5.43. The molecule has 1 aromatic carbocycles. The number of aliphatic imine (C=N–C) groups is 1. The molecule has 158 valence electrons. The number of carbonyl (C=O) groups excluding carboxylic acids is 1. The van der Waals surface area contributed by atoms with E-state index in [1.54, 1.807) is 11.9 Å². The number of halogens is 1. The Morgan fingerprint density at radius 3 is 2.52 bits per heavy atom. The van der Waals surface area contributed by atoms with Crippen LogP contribution in [0.3, 0.4) is 0 Å². The standard InChI is InChI=1S/C21H29N5O2.HI/c1-22-20(24-15-21(11-7-8-12-21)19(27)26(2)3)23-14-17-13-18(28-25-17)16-9-5-4-6-10-16;/h4-6,9-10,13H,7-8,11-12,14-15H2,1-3H3,(H2,22,23,24);1H. The van der Waals surface area contributed by atoms with Gasteiger partial charge < -0.3 is 20.1 Å². The highest BCUT2D eigenvalue weighted by atomic mass is 127. The summed E-state index contributed by atoms with van der Waals surface area (Å²) in [4.78, 5) is 18.7. The highest BCUT2D eigenvalue weighted by Crippen LogP contribution is 2.38. The SMILES string of the molecule is CN=C(NCc1cc(-c2ccccc2)on1)NCC1(C(=O)N(C)C)CCCC1.I. The molecule has 7 nitrogen and oxygen atoms in total.